The van der Waals surface area contributed by atoms with Crippen LogP contribution in [0.4, 0.5) is 0 Å². The molecule has 1 N–H and O–H groups in total. The fourth-order valence-electron chi connectivity index (χ4n) is 3.38. The van der Waals surface area contributed by atoms with Crippen LogP contribution in [0.2, 0.25) is 0 Å². The Morgan fingerprint density at radius 1 is 1.32 bits per heavy atom. The lowest BCUT2D eigenvalue weighted by atomic mass is 9.92. The van der Waals surface area contributed by atoms with Crippen molar-refractivity contribution in [2.24, 2.45) is 11.8 Å². The maximum Gasteiger partial charge on any atom is 0.252 e. The van der Waals surface area contributed by atoms with Crippen molar-refractivity contribution >= 4 is 28.5 Å². The van der Waals surface area contributed by atoms with Gasteiger partial charge in [0.05, 0.1) is 5.56 Å². The van der Waals surface area contributed by atoms with Gasteiger partial charge in [0, 0.05) is 23.2 Å². The molecule has 22 heavy (non-hydrogen) atoms. The van der Waals surface area contributed by atoms with Crippen LogP contribution in [0.5, 0.6) is 0 Å². The fraction of sp³-hybridized carbons (Fsp3) is 0.611. The minimum Gasteiger partial charge on any atom is -0.352 e. The Morgan fingerprint density at radius 3 is 2.64 bits per heavy atom. The Hall–Kier alpha value is -0.620. The van der Waals surface area contributed by atoms with Crippen LogP contribution in [0.25, 0.3) is 0 Å². The van der Waals surface area contributed by atoms with Gasteiger partial charge in [-0.05, 0) is 72.9 Å². The molecule has 2 rings (SSSR count). The number of rotatable bonds is 5. The van der Waals surface area contributed by atoms with E-state index in [-0.39, 0.29) is 5.91 Å². The molecule has 2 atom stereocenters. The monoisotopic (exact) mass is 414 g/mol. The lowest BCUT2D eigenvalue weighted by Crippen LogP contribution is -2.40. The summed E-state index contributed by atoms with van der Waals surface area (Å²) in [6, 6.07) is 5.96. The van der Waals surface area contributed by atoms with Gasteiger partial charge < -0.3 is 10.2 Å². The number of carbonyl (C=O) groups excluding carboxylic acids is 1. The Balaban J connectivity index is 1.73. The molecule has 3 nitrogen and oxygen atoms in total. The second kappa shape index (κ2) is 8.29. The highest BCUT2D eigenvalue weighted by molar-refractivity contribution is 14.1. The van der Waals surface area contributed by atoms with E-state index in [9.17, 15) is 4.79 Å². The first-order valence-corrected chi connectivity index (χ1v) is 9.30. The molecule has 1 aromatic rings. The molecular weight excluding hydrogens is 387 g/mol. The number of halogens is 1. The molecular formula is C18H27IN2O. The predicted molar refractivity (Wildman–Crippen MR) is 100 cm³/mol. The molecule has 1 saturated heterocycles. The number of benzene rings is 1. The quantitative estimate of drug-likeness (QED) is 0.589. The predicted octanol–water partition coefficient (Wildman–Crippen LogP) is 3.70. The third kappa shape index (κ3) is 5.23. The molecule has 0 unspecified atom stereocenters. The van der Waals surface area contributed by atoms with E-state index >= 15 is 0 Å². The average molecular weight is 414 g/mol. The van der Waals surface area contributed by atoms with Crippen LogP contribution in [-0.4, -0.2) is 37.0 Å². The molecule has 122 valence electrons. The molecule has 0 aliphatic carbocycles. The highest BCUT2D eigenvalue weighted by Crippen LogP contribution is 2.20. The van der Waals surface area contributed by atoms with Crippen molar-refractivity contribution in [3.05, 3.63) is 32.9 Å². The largest absolute Gasteiger partial charge is 0.352 e. The third-order valence-corrected chi connectivity index (χ3v) is 5.14. The lowest BCUT2D eigenvalue weighted by Gasteiger charge is -2.34. The second-order valence-electron chi connectivity index (χ2n) is 6.80. The third-order valence-electron chi connectivity index (χ3n) is 4.25. The van der Waals surface area contributed by atoms with Gasteiger partial charge in [0.2, 0.25) is 0 Å². The lowest BCUT2D eigenvalue weighted by molar-refractivity contribution is 0.0946. The normalized spacial score (nSPS) is 22.5. The van der Waals surface area contributed by atoms with Gasteiger partial charge in [-0.3, -0.25) is 4.79 Å². The number of nitrogens with one attached hydrogen (secondary N) is 1. The molecule has 0 aromatic heterocycles. The van der Waals surface area contributed by atoms with Crippen LogP contribution in [-0.2, 0) is 0 Å². The number of piperidine rings is 1. The zero-order chi connectivity index (χ0) is 16.1. The molecule has 1 aliphatic heterocycles. The van der Waals surface area contributed by atoms with Crippen molar-refractivity contribution in [1.82, 2.24) is 10.2 Å². The number of amides is 1. The molecule has 1 fully saturated rings. The first-order chi connectivity index (χ1) is 10.5. The van der Waals surface area contributed by atoms with Crippen molar-refractivity contribution in [2.75, 3.05) is 26.2 Å². The number of nitrogens with zero attached hydrogens (tertiary/aromatic N) is 1. The smallest absolute Gasteiger partial charge is 0.252 e. The standard InChI is InChI=1S/C18H27IN2O/c1-13-5-6-16(17(19)10-13)18(22)20-7-4-8-21-11-14(2)9-15(3)12-21/h5-6,10,14-15H,4,7-9,11-12H2,1-3H3,(H,20,22)/t14-,15-/m0/s1. The van der Waals surface area contributed by atoms with Gasteiger partial charge in [-0.15, -0.1) is 0 Å². The molecule has 0 spiro atoms. The van der Waals surface area contributed by atoms with E-state index < -0.39 is 0 Å². The minimum atomic E-state index is 0.0461. The highest BCUT2D eigenvalue weighted by atomic mass is 127. The van der Waals surface area contributed by atoms with Crippen molar-refractivity contribution in [2.45, 2.75) is 33.6 Å². The summed E-state index contributed by atoms with van der Waals surface area (Å²) < 4.78 is 1.02. The number of aryl methyl sites for hydroxylation is 1. The Morgan fingerprint density at radius 2 is 2.00 bits per heavy atom. The summed E-state index contributed by atoms with van der Waals surface area (Å²) in [6.07, 6.45) is 2.37. The maximum atomic E-state index is 12.2. The number of hydrogen-bond acceptors (Lipinski definition) is 2. The average Bonchev–Trinajstić information content (AvgIpc) is 2.42. The minimum absolute atomic E-state index is 0.0461. The molecule has 0 radical (unpaired) electrons. The zero-order valence-electron chi connectivity index (χ0n) is 13.9. The molecule has 1 aromatic carbocycles. The molecule has 1 heterocycles. The topological polar surface area (TPSA) is 32.3 Å². The Bertz CT molecular complexity index is 508. The molecule has 1 amide bonds. The van der Waals surface area contributed by atoms with Crippen LogP contribution < -0.4 is 5.32 Å². The van der Waals surface area contributed by atoms with Gasteiger partial charge in [-0.25, -0.2) is 0 Å². The summed E-state index contributed by atoms with van der Waals surface area (Å²) in [4.78, 5) is 14.7. The molecule has 0 saturated carbocycles. The van der Waals surface area contributed by atoms with E-state index in [4.69, 9.17) is 0 Å². The van der Waals surface area contributed by atoms with Crippen molar-refractivity contribution in [3.63, 3.8) is 0 Å². The maximum absolute atomic E-state index is 12.2. The van der Waals surface area contributed by atoms with E-state index in [0.717, 1.165) is 40.5 Å². The molecule has 1 aliphatic rings. The van der Waals surface area contributed by atoms with Gasteiger partial charge in [-0.1, -0.05) is 25.5 Å². The summed E-state index contributed by atoms with van der Waals surface area (Å²) in [6.45, 7) is 11.0. The fourth-order valence-corrected chi connectivity index (χ4v) is 4.29. The summed E-state index contributed by atoms with van der Waals surface area (Å²) in [5.41, 5.74) is 1.97. The van der Waals surface area contributed by atoms with Crippen molar-refractivity contribution < 1.29 is 4.79 Å². The van der Waals surface area contributed by atoms with Gasteiger partial charge in [0.15, 0.2) is 0 Å². The van der Waals surface area contributed by atoms with Gasteiger partial charge >= 0.3 is 0 Å². The molecule has 4 heteroatoms. The Kier molecular flexibility index (Phi) is 6.68. The van der Waals surface area contributed by atoms with E-state index in [0.29, 0.717) is 0 Å². The number of carbonyl (C=O) groups is 1. The van der Waals surface area contributed by atoms with Crippen LogP contribution in [0, 0.1) is 22.3 Å². The number of likely N-dealkylation sites (tertiary alicyclic amines) is 1. The summed E-state index contributed by atoms with van der Waals surface area (Å²) in [7, 11) is 0. The summed E-state index contributed by atoms with van der Waals surface area (Å²) >= 11 is 2.23. The number of hydrogen-bond donors (Lipinski definition) is 1. The van der Waals surface area contributed by atoms with Gasteiger partial charge in [0.1, 0.15) is 0 Å². The van der Waals surface area contributed by atoms with Crippen molar-refractivity contribution in [3.8, 4) is 0 Å². The van der Waals surface area contributed by atoms with Crippen LogP contribution in [0.3, 0.4) is 0 Å². The van der Waals surface area contributed by atoms with Crippen LogP contribution >= 0.6 is 22.6 Å². The first-order valence-electron chi connectivity index (χ1n) is 8.22. The Labute approximate surface area is 148 Å². The first kappa shape index (κ1) is 17.7. The SMILES string of the molecule is Cc1ccc(C(=O)NCCCN2C[C@@H](C)C[C@H](C)C2)c(I)c1. The summed E-state index contributed by atoms with van der Waals surface area (Å²) in [5, 5.41) is 3.05. The molecule has 0 bridgehead atoms. The highest BCUT2D eigenvalue weighted by Gasteiger charge is 2.21. The van der Waals surface area contributed by atoms with E-state index in [2.05, 4.69) is 46.7 Å². The summed E-state index contributed by atoms with van der Waals surface area (Å²) in [5.74, 6) is 1.64. The van der Waals surface area contributed by atoms with Crippen molar-refractivity contribution in [1.29, 1.82) is 0 Å². The van der Waals surface area contributed by atoms with E-state index in [1.165, 1.54) is 25.1 Å². The van der Waals surface area contributed by atoms with E-state index in [1.807, 2.05) is 25.1 Å². The second-order valence-corrected chi connectivity index (χ2v) is 7.96. The van der Waals surface area contributed by atoms with E-state index in [1.54, 1.807) is 0 Å². The van der Waals surface area contributed by atoms with Gasteiger partial charge in [0.25, 0.3) is 5.91 Å². The van der Waals surface area contributed by atoms with Crippen LogP contribution in [0.1, 0.15) is 42.6 Å². The zero-order valence-corrected chi connectivity index (χ0v) is 16.0. The van der Waals surface area contributed by atoms with Gasteiger partial charge in [-0.2, -0.15) is 0 Å². The van der Waals surface area contributed by atoms with Crippen LogP contribution in [0.15, 0.2) is 18.2 Å².